The van der Waals surface area contributed by atoms with Gasteiger partial charge < -0.3 is 0 Å². The highest BCUT2D eigenvalue weighted by atomic mass is 79.9. The number of hydrogen-bond donors (Lipinski definition) is 1. The first-order valence-corrected chi connectivity index (χ1v) is 7.23. The van der Waals surface area contributed by atoms with E-state index in [4.69, 9.17) is 0 Å². The summed E-state index contributed by atoms with van der Waals surface area (Å²) in [4.78, 5) is 1.56. The van der Waals surface area contributed by atoms with Gasteiger partial charge in [0.15, 0.2) is 0 Å². The molecule has 0 spiro atoms. The third-order valence-electron chi connectivity index (χ3n) is 2.98. The summed E-state index contributed by atoms with van der Waals surface area (Å²) in [6.45, 7) is 2.17. The standard InChI is InChI=1S/C11H15BrS2/c1-7-6-10(14-11(7)12)8-2-4-9(13)5-3-8/h6,8-9,13H,2-5H2,1H3. The summed E-state index contributed by atoms with van der Waals surface area (Å²) < 4.78 is 1.31. The van der Waals surface area contributed by atoms with E-state index in [0.717, 1.165) is 5.92 Å². The van der Waals surface area contributed by atoms with Gasteiger partial charge in [0, 0.05) is 10.1 Å². The number of thiophene rings is 1. The van der Waals surface area contributed by atoms with Gasteiger partial charge in [-0.1, -0.05) is 0 Å². The zero-order valence-corrected chi connectivity index (χ0v) is 11.6. The third-order valence-corrected chi connectivity index (χ3v) is 5.79. The first-order valence-electron chi connectivity index (χ1n) is 5.10. The lowest BCUT2D eigenvalue weighted by molar-refractivity contribution is 0.459. The van der Waals surface area contributed by atoms with Gasteiger partial charge in [0.25, 0.3) is 0 Å². The molecule has 1 aliphatic carbocycles. The van der Waals surface area contributed by atoms with E-state index in [1.165, 1.54) is 35.0 Å². The molecule has 3 heteroatoms. The topological polar surface area (TPSA) is 0 Å². The third kappa shape index (κ3) is 2.37. The Morgan fingerprint density at radius 2 is 2.00 bits per heavy atom. The van der Waals surface area contributed by atoms with E-state index < -0.39 is 0 Å². The largest absolute Gasteiger partial charge is 0.176 e. The van der Waals surface area contributed by atoms with E-state index in [2.05, 4.69) is 41.5 Å². The molecule has 0 atom stereocenters. The molecule has 2 rings (SSSR count). The van der Waals surface area contributed by atoms with Crippen molar-refractivity contribution in [3.63, 3.8) is 0 Å². The summed E-state index contributed by atoms with van der Waals surface area (Å²) in [5, 5.41) is 0.649. The van der Waals surface area contributed by atoms with Crippen LogP contribution in [-0.4, -0.2) is 5.25 Å². The normalized spacial score (nSPS) is 27.9. The minimum atomic E-state index is 0.649. The van der Waals surface area contributed by atoms with Gasteiger partial charge in [-0.05, 0) is 66.1 Å². The number of aryl methyl sites for hydroxylation is 1. The predicted octanol–water partition coefficient (Wildman–Crippen LogP) is 4.78. The predicted molar refractivity (Wildman–Crippen MR) is 70.7 cm³/mol. The van der Waals surface area contributed by atoms with E-state index in [0.29, 0.717) is 5.25 Å². The first kappa shape index (κ1) is 11.0. The molecule has 0 unspecified atom stereocenters. The molecule has 14 heavy (non-hydrogen) atoms. The lowest BCUT2D eigenvalue weighted by Crippen LogP contribution is -2.11. The second-order valence-corrected chi connectivity index (χ2v) is 7.24. The Hall–Kier alpha value is 0.530. The SMILES string of the molecule is Cc1cc(C2CCC(S)CC2)sc1Br. The van der Waals surface area contributed by atoms with Crippen molar-refractivity contribution in [2.45, 2.75) is 43.8 Å². The van der Waals surface area contributed by atoms with E-state index >= 15 is 0 Å². The van der Waals surface area contributed by atoms with Gasteiger partial charge in [0.05, 0.1) is 3.79 Å². The molecule has 1 fully saturated rings. The van der Waals surface area contributed by atoms with Crippen molar-refractivity contribution >= 4 is 39.9 Å². The zero-order chi connectivity index (χ0) is 10.1. The maximum Gasteiger partial charge on any atom is 0.0730 e. The fraction of sp³-hybridized carbons (Fsp3) is 0.636. The highest BCUT2D eigenvalue weighted by Crippen LogP contribution is 2.40. The van der Waals surface area contributed by atoms with Crippen LogP contribution in [0, 0.1) is 6.92 Å². The van der Waals surface area contributed by atoms with Crippen molar-refractivity contribution in [2.75, 3.05) is 0 Å². The minimum Gasteiger partial charge on any atom is -0.176 e. The summed E-state index contributed by atoms with van der Waals surface area (Å²) in [5.74, 6) is 0.799. The van der Waals surface area contributed by atoms with Crippen LogP contribution < -0.4 is 0 Å². The van der Waals surface area contributed by atoms with Crippen molar-refractivity contribution in [2.24, 2.45) is 0 Å². The Morgan fingerprint density at radius 3 is 2.50 bits per heavy atom. The van der Waals surface area contributed by atoms with Crippen molar-refractivity contribution < 1.29 is 0 Å². The highest BCUT2D eigenvalue weighted by Gasteiger charge is 2.21. The lowest BCUT2D eigenvalue weighted by atomic mass is 9.88. The van der Waals surface area contributed by atoms with Crippen LogP contribution in [0.25, 0.3) is 0 Å². The highest BCUT2D eigenvalue weighted by molar-refractivity contribution is 9.11. The number of rotatable bonds is 1. The van der Waals surface area contributed by atoms with Crippen LogP contribution in [0.3, 0.4) is 0 Å². The maximum absolute atomic E-state index is 4.53. The fourth-order valence-electron chi connectivity index (χ4n) is 2.05. The molecule has 1 saturated carbocycles. The molecule has 0 amide bonds. The molecule has 0 N–H and O–H groups in total. The molecule has 0 nitrogen and oxygen atoms in total. The lowest BCUT2D eigenvalue weighted by Gasteiger charge is -2.24. The first-order chi connectivity index (χ1) is 6.66. The van der Waals surface area contributed by atoms with Crippen molar-refractivity contribution in [3.05, 3.63) is 20.3 Å². The Bertz CT molecular complexity index is 292. The Kier molecular flexibility index (Phi) is 3.61. The average Bonchev–Trinajstić information content (AvgIpc) is 2.48. The minimum absolute atomic E-state index is 0.649. The van der Waals surface area contributed by atoms with Gasteiger partial charge in [0.2, 0.25) is 0 Å². The average molecular weight is 291 g/mol. The van der Waals surface area contributed by atoms with Crippen LogP contribution in [0.1, 0.15) is 42.0 Å². The smallest absolute Gasteiger partial charge is 0.0730 e. The van der Waals surface area contributed by atoms with E-state index in [9.17, 15) is 0 Å². The molecule has 0 aromatic carbocycles. The molecule has 0 bridgehead atoms. The van der Waals surface area contributed by atoms with E-state index in [-0.39, 0.29) is 0 Å². The van der Waals surface area contributed by atoms with Crippen molar-refractivity contribution in [1.82, 2.24) is 0 Å². The Balaban J connectivity index is 2.08. The van der Waals surface area contributed by atoms with Crippen LogP contribution in [0.5, 0.6) is 0 Å². The summed E-state index contributed by atoms with van der Waals surface area (Å²) >= 11 is 10.0. The van der Waals surface area contributed by atoms with Gasteiger partial charge in [-0.15, -0.1) is 11.3 Å². The van der Waals surface area contributed by atoms with Crippen molar-refractivity contribution in [3.8, 4) is 0 Å². The monoisotopic (exact) mass is 290 g/mol. The summed E-state index contributed by atoms with van der Waals surface area (Å²) in [5.41, 5.74) is 1.39. The van der Waals surface area contributed by atoms with Crippen LogP contribution in [0.15, 0.2) is 9.85 Å². The fourth-order valence-corrected chi connectivity index (χ4v) is 4.08. The second-order valence-electron chi connectivity index (χ2n) is 4.11. The molecule has 1 heterocycles. The second kappa shape index (κ2) is 4.58. The molecule has 0 saturated heterocycles. The Labute approximate surface area is 104 Å². The number of halogens is 1. The molecular weight excluding hydrogens is 276 g/mol. The molecule has 0 radical (unpaired) electrons. The molecule has 1 aromatic heterocycles. The quantitative estimate of drug-likeness (QED) is 0.708. The molecule has 78 valence electrons. The van der Waals surface area contributed by atoms with Gasteiger partial charge >= 0.3 is 0 Å². The van der Waals surface area contributed by atoms with Gasteiger partial charge in [0.1, 0.15) is 0 Å². The van der Waals surface area contributed by atoms with Crippen LogP contribution in [0.2, 0.25) is 0 Å². The van der Waals surface area contributed by atoms with Gasteiger partial charge in [-0.2, -0.15) is 12.6 Å². The summed E-state index contributed by atoms with van der Waals surface area (Å²) in [6, 6.07) is 2.35. The Morgan fingerprint density at radius 1 is 1.36 bits per heavy atom. The van der Waals surface area contributed by atoms with Crippen LogP contribution in [-0.2, 0) is 0 Å². The van der Waals surface area contributed by atoms with Crippen LogP contribution >= 0.6 is 39.9 Å². The summed E-state index contributed by atoms with van der Waals surface area (Å²) in [7, 11) is 0. The molecule has 1 aromatic rings. The van der Waals surface area contributed by atoms with Gasteiger partial charge in [-0.3, -0.25) is 0 Å². The zero-order valence-electron chi connectivity index (χ0n) is 8.29. The van der Waals surface area contributed by atoms with E-state index in [1.54, 1.807) is 4.88 Å². The number of hydrogen-bond acceptors (Lipinski definition) is 2. The summed E-state index contributed by atoms with van der Waals surface area (Å²) in [6.07, 6.45) is 5.20. The van der Waals surface area contributed by atoms with E-state index in [1.807, 2.05) is 11.3 Å². The van der Waals surface area contributed by atoms with Crippen molar-refractivity contribution in [1.29, 1.82) is 0 Å². The molecule has 0 aliphatic heterocycles. The molecular formula is C11H15BrS2. The number of thiol groups is 1. The molecule has 1 aliphatic rings. The van der Waals surface area contributed by atoms with Gasteiger partial charge in [-0.25, -0.2) is 0 Å². The maximum atomic E-state index is 4.53. The van der Waals surface area contributed by atoms with Crippen LogP contribution in [0.4, 0.5) is 0 Å².